The summed E-state index contributed by atoms with van der Waals surface area (Å²) in [6.07, 6.45) is 0. The van der Waals surface area contributed by atoms with Crippen LogP contribution in [0.15, 0.2) is 42.5 Å². The van der Waals surface area contributed by atoms with E-state index >= 15 is 0 Å². The van der Waals surface area contributed by atoms with Gasteiger partial charge in [-0.15, -0.1) is 0 Å². The maximum Gasteiger partial charge on any atom is 0.345 e. The van der Waals surface area contributed by atoms with E-state index in [4.69, 9.17) is 4.74 Å². The van der Waals surface area contributed by atoms with E-state index in [1.807, 2.05) is 31.2 Å². The molecule has 0 radical (unpaired) electrons. The van der Waals surface area contributed by atoms with Gasteiger partial charge in [0.05, 0.1) is 4.92 Å². The topological polar surface area (TPSA) is 69.4 Å². The number of aryl methyl sites for hydroxylation is 2. The molecule has 21 heavy (non-hydrogen) atoms. The summed E-state index contributed by atoms with van der Waals surface area (Å²) in [7, 11) is 0. The Labute approximate surface area is 122 Å². The Bertz CT molecular complexity index is 677. The van der Waals surface area contributed by atoms with Gasteiger partial charge in [0.25, 0.3) is 5.69 Å². The summed E-state index contributed by atoms with van der Waals surface area (Å²) in [4.78, 5) is 22.5. The van der Waals surface area contributed by atoms with E-state index < -0.39 is 10.9 Å². The maximum absolute atomic E-state index is 12.0. The van der Waals surface area contributed by atoms with E-state index in [2.05, 4.69) is 0 Å². The molecule has 0 aliphatic carbocycles. The molecule has 2 rings (SSSR count). The molecule has 0 bridgehead atoms. The summed E-state index contributed by atoms with van der Waals surface area (Å²) >= 11 is 0. The number of rotatable bonds is 4. The zero-order valence-electron chi connectivity index (χ0n) is 11.8. The first kappa shape index (κ1) is 14.7. The van der Waals surface area contributed by atoms with Crippen LogP contribution in [0.1, 0.15) is 27.0 Å². The fourth-order valence-corrected chi connectivity index (χ4v) is 1.98. The molecule has 5 heteroatoms. The molecule has 0 saturated carbocycles. The predicted octanol–water partition coefficient (Wildman–Crippen LogP) is 3.57. The lowest BCUT2D eigenvalue weighted by atomic mass is 10.1. The highest BCUT2D eigenvalue weighted by atomic mass is 16.6. The molecule has 108 valence electrons. The number of nitrogens with zero attached hydrogens (tertiary/aromatic N) is 1. The van der Waals surface area contributed by atoms with E-state index in [1.165, 1.54) is 6.07 Å². The van der Waals surface area contributed by atoms with Crippen LogP contribution in [0.2, 0.25) is 0 Å². The standard InChI is InChI=1S/C16H15NO4/c1-11-6-8-13(9-7-11)10-21-16(18)14-5-3-4-12(2)15(14)17(19)20/h3-9H,10H2,1-2H3. The Kier molecular flexibility index (Phi) is 4.33. The van der Waals surface area contributed by atoms with Gasteiger partial charge in [-0.25, -0.2) is 4.79 Å². The van der Waals surface area contributed by atoms with Crippen molar-refractivity contribution in [3.05, 3.63) is 74.8 Å². The second-order valence-electron chi connectivity index (χ2n) is 4.79. The molecule has 0 heterocycles. The van der Waals surface area contributed by atoms with Gasteiger partial charge in [-0.1, -0.05) is 42.0 Å². The number of ether oxygens (including phenoxy) is 1. The van der Waals surface area contributed by atoms with Crippen LogP contribution in [0.3, 0.4) is 0 Å². The Morgan fingerprint density at radius 2 is 1.81 bits per heavy atom. The molecule has 0 atom stereocenters. The number of benzene rings is 2. The smallest absolute Gasteiger partial charge is 0.345 e. The molecule has 0 saturated heterocycles. The minimum atomic E-state index is -0.689. The Hall–Kier alpha value is -2.69. The van der Waals surface area contributed by atoms with E-state index in [0.717, 1.165) is 11.1 Å². The highest BCUT2D eigenvalue weighted by molar-refractivity contribution is 5.94. The molecule has 0 amide bonds. The Morgan fingerprint density at radius 3 is 2.43 bits per heavy atom. The lowest BCUT2D eigenvalue weighted by Gasteiger charge is -2.07. The SMILES string of the molecule is Cc1ccc(COC(=O)c2cccc(C)c2[N+](=O)[O-])cc1. The van der Waals surface area contributed by atoms with Crippen molar-refractivity contribution < 1.29 is 14.5 Å². The van der Waals surface area contributed by atoms with Crippen LogP contribution < -0.4 is 0 Å². The zero-order valence-corrected chi connectivity index (χ0v) is 11.8. The van der Waals surface area contributed by atoms with Crippen molar-refractivity contribution in [2.45, 2.75) is 20.5 Å². The molecule has 0 unspecified atom stereocenters. The van der Waals surface area contributed by atoms with Crippen LogP contribution in [0.5, 0.6) is 0 Å². The van der Waals surface area contributed by atoms with Gasteiger partial charge in [0.2, 0.25) is 0 Å². The zero-order chi connectivity index (χ0) is 15.4. The summed E-state index contributed by atoms with van der Waals surface area (Å²) in [5, 5.41) is 11.1. The fourth-order valence-electron chi connectivity index (χ4n) is 1.98. The van der Waals surface area contributed by atoms with Gasteiger partial charge in [0.1, 0.15) is 12.2 Å². The lowest BCUT2D eigenvalue weighted by Crippen LogP contribution is -2.09. The highest BCUT2D eigenvalue weighted by Gasteiger charge is 2.23. The molecular formula is C16H15NO4. The highest BCUT2D eigenvalue weighted by Crippen LogP contribution is 2.24. The number of esters is 1. The van der Waals surface area contributed by atoms with Crippen LogP contribution in [0.4, 0.5) is 5.69 Å². The molecule has 0 aromatic heterocycles. The average molecular weight is 285 g/mol. The Morgan fingerprint density at radius 1 is 1.14 bits per heavy atom. The van der Waals surface area contributed by atoms with E-state index in [0.29, 0.717) is 5.56 Å². The molecule has 0 aliphatic heterocycles. The molecular weight excluding hydrogens is 270 g/mol. The van der Waals surface area contributed by atoms with Crippen LogP contribution in [0, 0.1) is 24.0 Å². The van der Waals surface area contributed by atoms with Gasteiger partial charge in [-0.2, -0.15) is 0 Å². The van der Waals surface area contributed by atoms with Crippen molar-refractivity contribution in [3.63, 3.8) is 0 Å². The number of carbonyl (C=O) groups excluding carboxylic acids is 1. The summed E-state index contributed by atoms with van der Waals surface area (Å²) in [5.74, 6) is -0.689. The van der Waals surface area contributed by atoms with Crippen LogP contribution in [-0.2, 0) is 11.3 Å². The van der Waals surface area contributed by atoms with Crippen molar-refractivity contribution in [1.29, 1.82) is 0 Å². The summed E-state index contributed by atoms with van der Waals surface area (Å²) in [6, 6.07) is 12.1. The fraction of sp³-hybridized carbons (Fsp3) is 0.188. The number of hydrogen-bond acceptors (Lipinski definition) is 4. The van der Waals surface area contributed by atoms with Crippen LogP contribution in [-0.4, -0.2) is 10.9 Å². The molecule has 0 N–H and O–H groups in total. The predicted molar refractivity (Wildman–Crippen MR) is 78.1 cm³/mol. The first-order chi connectivity index (χ1) is 9.99. The minimum Gasteiger partial charge on any atom is -0.457 e. The van der Waals surface area contributed by atoms with Gasteiger partial charge in [0, 0.05) is 5.56 Å². The van der Waals surface area contributed by atoms with Crippen molar-refractivity contribution in [2.75, 3.05) is 0 Å². The second kappa shape index (κ2) is 6.17. The number of hydrogen-bond donors (Lipinski definition) is 0. The number of para-hydroxylation sites is 1. The first-order valence-corrected chi connectivity index (χ1v) is 6.45. The second-order valence-corrected chi connectivity index (χ2v) is 4.79. The van der Waals surface area contributed by atoms with Gasteiger partial charge in [-0.3, -0.25) is 10.1 Å². The van der Waals surface area contributed by atoms with Crippen molar-refractivity contribution in [3.8, 4) is 0 Å². The number of nitro groups is 1. The number of carbonyl (C=O) groups is 1. The molecule has 0 aliphatic rings. The third-order valence-electron chi connectivity index (χ3n) is 3.13. The average Bonchev–Trinajstić information content (AvgIpc) is 2.45. The summed E-state index contributed by atoms with van der Waals surface area (Å²) in [6.45, 7) is 3.64. The lowest BCUT2D eigenvalue weighted by molar-refractivity contribution is -0.385. The van der Waals surface area contributed by atoms with Crippen molar-refractivity contribution >= 4 is 11.7 Å². The van der Waals surface area contributed by atoms with Gasteiger partial charge in [0.15, 0.2) is 0 Å². The van der Waals surface area contributed by atoms with E-state index in [-0.39, 0.29) is 17.9 Å². The summed E-state index contributed by atoms with van der Waals surface area (Å²) < 4.78 is 5.16. The van der Waals surface area contributed by atoms with Gasteiger partial charge >= 0.3 is 5.97 Å². The quantitative estimate of drug-likeness (QED) is 0.489. The molecule has 2 aromatic carbocycles. The van der Waals surface area contributed by atoms with Crippen molar-refractivity contribution in [1.82, 2.24) is 0 Å². The maximum atomic E-state index is 12.0. The van der Waals surface area contributed by atoms with E-state index in [9.17, 15) is 14.9 Å². The minimum absolute atomic E-state index is 0.0212. The van der Waals surface area contributed by atoms with Gasteiger partial charge in [-0.05, 0) is 25.5 Å². The molecule has 2 aromatic rings. The Balaban J connectivity index is 2.16. The largest absolute Gasteiger partial charge is 0.457 e. The van der Waals surface area contributed by atoms with Crippen molar-refractivity contribution in [2.24, 2.45) is 0 Å². The van der Waals surface area contributed by atoms with Gasteiger partial charge < -0.3 is 4.74 Å². The van der Waals surface area contributed by atoms with E-state index in [1.54, 1.807) is 19.1 Å². The number of nitro benzene ring substituents is 1. The molecule has 5 nitrogen and oxygen atoms in total. The summed E-state index contributed by atoms with van der Waals surface area (Å²) in [5.41, 5.74) is 2.16. The van der Waals surface area contributed by atoms with Crippen LogP contribution >= 0.6 is 0 Å². The van der Waals surface area contributed by atoms with Crippen LogP contribution in [0.25, 0.3) is 0 Å². The molecule has 0 fully saturated rings. The third kappa shape index (κ3) is 3.45. The first-order valence-electron chi connectivity index (χ1n) is 6.45. The third-order valence-corrected chi connectivity index (χ3v) is 3.13. The normalized spacial score (nSPS) is 10.2. The molecule has 0 spiro atoms. The monoisotopic (exact) mass is 285 g/mol.